The van der Waals surface area contributed by atoms with Gasteiger partial charge < -0.3 is 19.7 Å². The van der Waals surface area contributed by atoms with Crippen LogP contribution in [0.3, 0.4) is 0 Å². The molecule has 0 unspecified atom stereocenters. The predicted octanol–water partition coefficient (Wildman–Crippen LogP) is 6.49. The molecule has 303 valence electrons. The standard InChI is InChI=1S/C39H52N4O7S.3Tb/c1-9-25(4)30(21-34(45)31-17-13-14-18-40-31)38(47)43(7)33(24(2)3)22-35(50-27(6)44)37-42-32(23-51-37)36(46)41-29(19-26(5)39(48)49-8)20-28-15-11-10-12-16-28;;;/h10-18,23-26,29-30,33,35H,9,19-22H2,1-8H3,(H,41,46);;;/t25-,26-,29+,30-,33+,35+;;;/m0.../s1. The van der Waals surface area contributed by atoms with Crippen LogP contribution in [0.25, 0.3) is 0 Å². The second-order valence-electron chi connectivity index (χ2n) is 13.5. The molecule has 0 bridgehead atoms. The Morgan fingerprint density at radius 1 is 0.907 bits per heavy atom. The number of amides is 2. The van der Waals surface area contributed by atoms with Crippen LogP contribution >= 0.6 is 11.3 Å². The third kappa shape index (κ3) is 16.7. The van der Waals surface area contributed by atoms with Crippen molar-refractivity contribution >= 4 is 40.9 Å². The Labute approximate surface area is 416 Å². The van der Waals surface area contributed by atoms with E-state index in [1.807, 2.05) is 58.0 Å². The van der Waals surface area contributed by atoms with Crippen LogP contribution in [0.2, 0.25) is 0 Å². The fourth-order valence-corrected chi connectivity index (χ4v) is 7.02. The molecule has 1 aromatic carbocycles. The number of nitrogens with one attached hydrogen (secondary N) is 1. The Hall–Kier alpha value is -0.593. The molecular weight excluding hydrogens is 1150 g/mol. The van der Waals surface area contributed by atoms with E-state index < -0.39 is 29.8 Å². The number of ether oxygens (including phenoxy) is 2. The summed E-state index contributed by atoms with van der Waals surface area (Å²) in [7, 11) is 3.06. The van der Waals surface area contributed by atoms with Gasteiger partial charge in [-0.2, -0.15) is 0 Å². The summed E-state index contributed by atoms with van der Waals surface area (Å²) >= 11 is 1.20. The number of benzene rings is 1. The summed E-state index contributed by atoms with van der Waals surface area (Å²) in [6, 6.07) is 14.1. The van der Waals surface area contributed by atoms with E-state index in [-0.39, 0.29) is 176 Å². The van der Waals surface area contributed by atoms with Crippen LogP contribution in [0.4, 0.5) is 0 Å². The van der Waals surface area contributed by atoms with Crippen molar-refractivity contribution in [2.24, 2.45) is 23.7 Å². The van der Waals surface area contributed by atoms with Gasteiger partial charge in [-0.1, -0.05) is 77.4 Å². The second-order valence-corrected chi connectivity index (χ2v) is 14.4. The van der Waals surface area contributed by atoms with E-state index >= 15 is 0 Å². The first kappa shape index (κ1) is 53.4. The molecule has 15 heteroatoms. The molecule has 2 amide bonds. The number of nitrogens with zero attached hydrogens (tertiary/aromatic N) is 3. The summed E-state index contributed by atoms with van der Waals surface area (Å²) in [5, 5.41) is 5.08. The first-order chi connectivity index (χ1) is 24.2. The number of thiazole rings is 1. The molecule has 0 aliphatic heterocycles. The predicted molar refractivity (Wildman–Crippen MR) is 196 cm³/mol. The number of methoxy groups -OCH3 is 1. The number of Topliss-reactive ketones (excluding diaryl/α,β-unsaturated/α-hetero) is 1. The Bertz CT molecular complexity index is 1610. The third-order valence-corrected chi connectivity index (χ3v) is 10.3. The van der Waals surface area contributed by atoms with Crippen molar-refractivity contribution in [2.45, 2.75) is 91.8 Å². The molecule has 1 N–H and O–H groups in total. The van der Waals surface area contributed by atoms with Gasteiger partial charge in [0.2, 0.25) is 5.91 Å². The van der Waals surface area contributed by atoms with Crippen LogP contribution in [0.15, 0.2) is 60.1 Å². The van der Waals surface area contributed by atoms with E-state index in [9.17, 15) is 24.0 Å². The van der Waals surface area contributed by atoms with Crippen molar-refractivity contribution in [3.05, 3.63) is 82.1 Å². The Kier molecular flexibility index (Phi) is 26.9. The molecule has 6 atom stereocenters. The van der Waals surface area contributed by atoms with Gasteiger partial charge in [0.15, 0.2) is 11.9 Å². The summed E-state index contributed by atoms with van der Waals surface area (Å²) < 4.78 is 10.7. The number of carbonyl (C=O) groups excluding carboxylic acids is 5. The summed E-state index contributed by atoms with van der Waals surface area (Å²) in [4.78, 5) is 75.8. The maximum Gasteiger partial charge on any atom is 0.308 e. The number of hydrogen-bond donors (Lipinski definition) is 1. The van der Waals surface area contributed by atoms with E-state index in [1.54, 1.807) is 48.6 Å². The number of ketones is 1. The van der Waals surface area contributed by atoms with Crippen LogP contribution in [-0.2, 0) is 30.3 Å². The average molecular weight is 1200 g/mol. The summed E-state index contributed by atoms with van der Waals surface area (Å²) in [5.74, 6) is -2.77. The van der Waals surface area contributed by atoms with Crippen molar-refractivity contribution in [1.29, 1.82) is 0 Å². The maximum atomic E-state index is 14.1. The first-order valence-electron chi connectivity index (χ1n) is 17.5. The van der Waals surface area contributed by atoms with Gasteiger partial charge in [-0.15, -0.1) is 11.3 Å². The summed E-state index contributed by atoms with van der Waals surface area (Å²) in [6.45, 7) is 11.0. The zero-order valence-corrected chi connectivity index (χ0v) is 39.2. The van der Waals surface area contributed by atoms with Crippen molar-refractivity contribution in [3.8, 4) is 0 Å². The number of pyridine rings is 1. The van der Waals surface area contributed by atoms with Gasteiger partial charge in [0.05, 0.1) is 13.0 Å². The molecule has 3 radical (unpaired) electrons. The minimum Gasteiger partial charge on any atom is -0.469 e. The largest absolute Gasteiger partial charge is 0.469 e. The summed E-state index contributed by atoms with van der Waals surface area (Å²) in [6.07, 6.45) is 2.58. The topological polar surface area (TPSA) is 145 Å². The molecule has 3 rings (SSSR count). The van der Waals surface area contributed by atoms with E-state index in [1.165, 1.54) is 25.4 Å². The Balaban J connectivity index is 0.00000936. The normalized spacial score (nSPS) is 13.9. The average Bonchev–Trinajstić information content (AvgIpc) is 3.62. The molecule has 11 nitrogen and oxygen atoms in total. The quantitative estimate of drug-likeness (QED) is 0.105. The number of hydrogen-bond acceptors (Lipinski definition) is 10. The van der Waals surface area contributed by atoms with E-state index in [0.29, 0.717) is 30.0 Å². The summed E-state index contributed by atoms with van der Waals surface area (Å²) in [5.41, 5.74) is 1.49. The van der Waals surface area contributed by atoms with Gasteiger partial charge in [-0.25, -0.2) is 4.98 Å². The maximum absolute atomic E-state index is 14.1. The molecule has 2 aromatic heterocycles. The molecule has 3 aromatic rings. The van der Waals surface area contributed by atoms with E-state index in [4.69, 9.17) is 9.47 Å². The number of esters is 2. The van der Waals surface area contributed by atoms with Crippen LogP contribution in [0.1, 0.15) is 105 Å². The van der Waals surface area contributed by atoms with Crippen LogP contribution in [0.5, 0.6) is 0 Å². The van der Waals surface area contributed by atoms with Crippen LogP contribution < -0.4 is 5.32 Å². The third-order valence-electron chi connectivity index (χ3n) is 9.31. The van der Waals surface area contributed by atoms with Gasteiger partial charge in [0.25, 0.3) is 5.91 Å². The number of aromatic nitrogens is 2. The molecule has 0 saturated carbocycles. The fraction of sp³-hybridized carbons (Fsp3) is 0.513. The van der Waals surface area contributed by atoms with Gasteiger partial charge in [0.1, 0.15) is 16.4 Å². The van der Waals surface area contributed by atoms with Gasteiger partial charge in [-0.3, -0.25) is 29.0 Å². The molecule has 0 aliphatic rings. The van der Waals surface area contributed by atoms with E-state index in [2.05, 4.69) is 15.3 Å². The van der Waals surface area contributed by atoms with Crippen LogP contribution in [0, 0.1) is 140 Å². The molecule has 0 aliphatic carbocycles. The molecule has 2 heterocycles. The number of carbonyl (C=O) groups is 5. The van der Waals surface area contributed by atoms with Crippen LogP contribution in [-0.4, -0.2) is 70.6 Å². The van der Waals surface area contributed by atoms with Gasteiger partial charge >= 0.3 is 11.9 Å². The molecule has 0 saturated heterocycles. The van der Waals surface area contributed by atoms with Gasteiger partial charge in [0, 0.05) is 172 Å². The zero-order valence-electron chi connectivity index (χ0n) is 32.0. The SMILES string of the molecule is CC[C@H](C)[C@H](CC(=O)c1ccccn1)C(=O)N(C)[C@H](C[C@@H](OC(C)=O)c1nc(C(=O)N[C@@H](Cc2ccccc2)C[C@H](C)C(=O)OC)cs1)C(C)C.[Tb].[Tb].[Tb]. The molecular formula is C39H52N4O7STb3. The zero-order chi connectivity index (χ0) is 37.7. The minimum atomic E-state index is -0.826. The minimum absolute atomic E-state index is 0. The number of rotatable bonds is 19. The van der Waals surface area contributed by atoms with Crippen molar-refractivity contribution in [3.63, 3.8) is 0 Å². The Morgan fingerprint density at radius 3 is 2.11 bits per heavy atom. The molecule has 54 heavy (non-hydrogen) atoms. The van der Waals surface area contributed by atoms with Crippen molar-refractivity contribution < 1.29 is 149 Å². The van der Waals surface area contributed by atoms with Gasteiger partial charge in [-0.05, 0) is 42.4 Å². The molecule has 0 fully saturated rings. The smallest absolute Gasteiger partial charge is 0.308 e. The van der Waals surface area contributed by atoms with E-state index in [0.717, 1.165) is 5.56 Å². The first-order valence-corrected chi connectivity index (χ1v) is 18.4. The van der Waals surface area contributed by atoms with Crippen molar-refractivity contribution in [2.75, 3.05) is 14.2 Å². The second kappa shape index (κ2) is 27.2. The van der Waals surface area contributed by atoms with Crippen molar-refractivity contribution in [1.82, 2.24) is 20.2 Å². The fourth-order valence-electron chi connectivity index (χ4n) is 6.19. The Morgan fingerprint density at radius 2 is 1.56 bits per heavy atom. The molecule has 0 spiro atoms. The monoisotopic (exact) mass is 1200 g/mol.